The van der Waals surface area contributed by atoms with E-state index in [1.54, 1.807) is 30.0 Å². The summed E-state index contributed by atoms with van der Waals surface area (Å²) in [7, 11) is -3.27. The number of furan rings is 1. The van der Waals surface area contributed by atoms with Gasteiger partial charge in [-0.2, -0.15) is 4.31 Å². The van der Waals surface area contributed by atoms with Gasteiger partial charge in [0.25, 0.3) is 11.5 Å². The first-order chi connectivity index (χ1) is 12.8. The van der Waals surface area contributed by atoms with E-state index < -0.39 is 15.6 Å². The van der Waals surface area contributed by atoms with Crippen LogP contribution in [-0.2, 0) is 10.0 Å². The summed E-state index contributed by atoms with van der Waals surface area (Å²) >= 11 is 0. The zero-order valence-electron chi connectivity index (χ0n) is 15.3. The van der Waals surface area contributed by atoms with E-state index in [1.165, 1.54) is 22.9 Å². The molecule has 9 heteroatoms. The first-order valence-corrected chi connectivity index (χ1v) is 10.7. The normalized spacial score (nSPS) is 16.0. The number of pyridine rings is 1. The summed E-state index contributed by atoms with van der Waals surface area (Å²) in [5.41, 5.74) is 0.105. The average Bonchev–Trinajstić information content (AvgIpc) is 3.16. The van der Waals surface area contributed by atoms with Crippen LogP contribution in [0.4, 0.5) is 0 Å². The van der Waals surface area contributed by atoms with E-state index >= 15 is 0 Å². The summed E-state index contributed by atoms with van der Waals surface area (Å²) in [6.07, 6.45) is 3.81. The number of aromatic amines is 1. The number of sulfonamides is 1. The van der Waals surface area contributed by atoms with E-state index in [-0.39, 0.29) is 17.5 Å². The molecule has 1 N–H and O–H groups in total. The van der Waals surface area contributed by atoms with Crippen molar-refractivity contribution in [2.75, 3.05) is 25.9 Å². The molecule has 27 heavy (non-hydrogen) atoms. The Morgan fingerprint density at radius 2 is 2.00 bits per heavy atom. The van der Waals surface area contributed by atoms with Crippen molar-refractivity contribution >= 4 is 15.9 Å². The highest BCUT2D eigenvalue weighted by atomic mass is 32.2. The van der Waals surface area contributed by atoms with Gasteiger partial charge in [0.05, 0.1) is 18.2 Å². The van der Waals surface area contributed by atoms with Gasteiger partial charge in [0.15, 0.2) is 0 Å². The fraction of sp³-hybridized carbons (Fsp3) is 0.444. The topological polar surface area (TPSA) is 104 Å². The van der Waals surface area contributed by atoms with Gasteiger partial charge in [-0.1, -0.05) is 6.92 Å². The monoisotopic (exact) mass is 393 g/mol. The molecular weight excluding hydrogens is 370 g/mol. The zero-order valence-corrected chi connectivity index (χ0v) is 16.2. The number of nitrogens with one attached hydrogen (secondary N) is 1. The van der Waals surface area contributed by atoms with Crippen molar-refractivity contribution in [2.24, 2.45) is 0 Å². The number of likely N-dealkylation sites (tertiary alicyclic amines) is 1. The predicted molar refractivity (Wildman–Crippen MR) is 101 cm³/mol. The number of hydrogen-bond donors (Lipinski definition) is 1. The van der Waals surface area contributed by atoms with Gasteiger partial charge in [-0.3, -0.25) is 9.59 Å². The van der Waals surface area contributed by atoms with Crippen LogP contribution in [0.3, 0.4) is 0 Å². The minimum Gasteiger partial charge on any atom is -0.463 e. The molecule has 0 saturated carbocycles. The van der Waals surface area contributed by atoms with Crippen molar-refractivity contribution in [1.82, 2.24) is 14.2 Å². The molecule has 3 heterocycles. The third-order valence-corrected chi connectivity index (χ3v) is 6.23. The first kappa shape index (κ1) is 19.4. The lowest BCUT2D eigenvalue weighted by Gasteiger charge is -2.36. The minimum atomic E-state index is -3.27. The third kappa shape index (κ3) is 4.14. The fourth-order valence-electron chi connectivity index (χ4n) is 3.51. The second kappa shape index (κ2) is 7.69. The van der Waals surface area contributed by atoms with Gasteiger partial charge in [0.2, 0.25) is 10.0 Å². The van der Waals surface area contributed by atoms with Gasteiger partial charge in [0.1, 0.15) is 11.3 Å². The smallest absolute Gasteiger partial charge is 0.261 e. The summed E-state index contributed by atoms with van der Waals surface area (Å²) in [4.78, 5) is 29.3. The first-order valence-electron chi connectivity index (χ1n) is 8.84. The maximum absolute atomic E-state index is 12.7. The molecule has 146 valence electrons. The molecule has 1 aliphatic heterocycles. The Balaban J connectivity index is 1.70. The Labute approximate surface area is 157 Å². The summed E-state index contributed by atoms with van der Waals surface area (Å²) in [5, 5.41) is 0. The third-order valence-electron chi connectivity index (χ3n) is 4.82. The number of piperidine rings is 1. The number of hydrogen-bond acceptors (Lipinski definition) is 5. The standard InChI is InChI=1S/C18H23N3O5S/c1-3-21(27(2,24)25)13-8-10-20(11-9-13)18(23)14-6-7-15(19-17(14)22)16-5-4-12-26-16/h4-7,12-13H,3,8-11H2,1-2H3,(H,19,22). The van der Waals surface area contributed by atoms with Crippen LogP contribution in [0.1, 0.15) is 30.1 Å². The molecule has 0 aromatic carbocycles. The molecule has 0 atom stereocenters. The van der Waals surface area contributed by atoms with E-state index in [9.17, 15) is 18.0 Å². The molecular formula is C18H23N3O5S. The number of rotatable bonds is 5. The van der Waals surface area contributed by atoms with Crippen molar-refractivity contribution in [1.29, 1.82) is 0 Å². The number of nitrogens with zero attached hydrogens (tertiary/aromatic N) is 2. The summed E-state index contributed by atoms with van der Waals surface area (Å²) in [6, 6.07) is 6.46. The Morgan fingerprint density at radius 3 is 2.52 bits per heavy atom. The van der Waals surface area contributed by atoms with Crippen molar-refractivity contribution in [3.05, 3.63) is 46.4 Å². The highest BCUT2D eigenvalue weighted by molar-refractivity contribution is 7.88. The van der Waals surface area contributed by atoms with Crippen molar-refractivity contribution in [2.45, 2.75) is 25.8 Å². The van der Waals surface area contributed by atoms with Gasteiger partial charge in [-0.25, -0.2) is 8.42 Å². The van der Waals surface area contributed by atoms with Crippen LogP contribution in [-0.4, -0.2) is 60.4 Å². The lowest BCUT2D eigenvalue weighted by Crippen LogP contribution is -2.49. The van der Waals surface area contributed by atoms with Crippen LogP contribution < -0.4 is 5.56 Å². The van der Waals surface area contributed by atoms with Crippen molar-refractivity contribution < 1.29 is 17.6 Å². The fourth-order valence-corrected chi connectivity index (χ4v) is 4.73. The van der Waals surface area contributed by atoms with E-state index in [0.29, 0.717) is 43.9 Å². The lowest BCUT2D eigenvalue weighted by molar-refractivity contribution is 0.0679. The summed E-state index contributed by atoms with van der Waals surface area (Å²) in [5.74, 6) is 0.176. The van der Waals surface area contributed by atoms with Gasteiger partial charge >= 0.3 is 0 Å². The Hall–Kier alpha value is -2.39. The maximum atomic E-state index is 12.7. The van der Waals surface area contributed by atoms with Gasteiger partial charge in [-0.15, -0.1) is 0 Å². The molecule has 1 amide bonds. The molecule has 0 radical (unpaired) electrons. The Kier molecular flexibility index (Phi) is 5.52. The average molecular weight is 393 g/mol. The molecule has 3 rings (SSSR count). The molecule has 1 aliphatic rings. The lowest BCUT2D eigenvalue weighted by atomic mass is 10.0. The number of carbonyl (C=O) groups excluding carboxylic acids is 1. The Bertz CT molecular complexity index is 957. The number of H-pyrrole nitrogens is 1. The molecule has 1 fully saturated rings. The second-order valence-electron chi connectivity index (χ2n) is 6.58. The van der Waals surface area contributed by atoms with E-state index in [1.807, 2.05) is 0 Å². The zero-order chi connectivity index (χ0) is 19.6. The second-order valence-corrected chi connectivity index (χ2v) is 8.52. The van der Waals surface area contributed by atoms with Crippen molar-refractivity contribution in [3.8, 4) is 11.5 Å². The summed E-state index contributed by atoms with van der Waals surface area (Å²) < 4.78 is 30.4. The van der Waals surface area contributed by atoms with Crippen LogP contribution >= 0.6 is 0 Å². The highest BCUT2D eigenvalue weighted by Gasteiger charge is 2.31. The molecule has 0 spiro atoms. The van der Waals surface area contributed by atoms with E-state index in [0.717, 1.165) is 0 Å². The molecule has 0 aliphatic carbocycles. The van der Waals surface area contributed by atoms with Gasteiger partial charge in [0, 0.05) is 25.7 Å². The quantitative estimate of drug-likeness (QED) is 0.829. The van der Waals surface area contributed by atoms with Crippen LogP contribution in [0.25, 0.3) is 11.5 Å². The highest BCUT2D eigenvalue weighted by Crippen LogP contribution is 2.21. The summed E-state index contributed by atoms with van der Waals surface area (Å²) in [6.45, 7) is 3.04. The Morgan fingerprint density at radius 1 is 1.30 bits per heavy atom. The number of carbonyl (C=O) groups is 1. The van der Waals surface area contributed by atoms with E-state index in [2.05, 4.69) is 4.98 Å². The SMILES string of the molecule is CCN(C1CCN(C(=O)c2ccc(-c3ccco3)[nH]c2=O)CC1)S(C)(=O)=O. The van der Waals surface area contributed by atoms with Crippen LogP contribution in [0.15, 0.2) is 39.7 Å². The van der Waals surface area contributed by atoms with Gasteiger partial charge in [-0.05, 0) is 37.1 Å². The van der Waals surface area contributed by atoms with Crippen LogP contribution in [0, 0.1) is 0 Å². The van der Waals surface area contributed by atoms with Crippen LogP contribution in [0.2, 0.25) is 0 Å². The predicted octanol–water partition coefficient (Wildman–Crippen LogP) is 1.52. The number of aromatic nitrogens is 1. The molecule has 0 unspecified atom stereocenters. The minimum absolute atomic E-state index is 0.0687. The van der Waals surface area contributed by atoms with Crippen molar-refractivity contribution in [3.63, 3.8) is 0 Å². The molecule has 8 nitrogen and oxygen atoms in total. The van der Waals surface area contributed by atoms with Gasteiger partial charge < -0.3 is 14.3 Å². The molecule has 2 aromatic heterocycles. The maximum Gasteiger partial charge on any atom is 0.261 e. The van der Waals surface area contributed by atoms with E-state index in [4.69, 9.17) is 4.42 Å². The molecule has 0 bridgehead atoms. The molecule has 2 aromatic rings. The largest absolute Gasteiger partial charge is 0.463 e. The van der Waals surface area contributed by atoms with Crippen LogP contribution in [0.5, 0.6) is 0 Å². The molecule has 1 saturated heterocycles. The number of amides is 1.